The van der Waals surface area contributed by atoms with E-state index in [1.54, 1.807) is 42.5 Å². The second kappa shape index (κ2) is 5.57. The lowest BCUT2D eigenvalue weighted by Gasteiger charge is -2.04. The monoisotopic (exact) mass is 262 g/mol. The van der Waals surface area contributed by atoms with Crippen molar-refractivity contribution in [2.75, 3.05) is 0 Å². The molecule has 1 N–H and O–H groups in total. The van der Waals surface area contributed by atoms with Crippen LogP contribution in [0.2, 0.25) is 0 Å². The van der Waals surface area contributed by atoms with Gasteiger partial charge in [0.05, 0.1) is 10.5 Å². The summed E-state index contributed by atoms with van der Waals surface area (Å²) < 4.78 is 24.9. The minimum atomic E-state index is -2.09. The Hall–Kier alpha value is -1.98. The van der Waals surface area contributed by atoms with Crippen molar-refractivity contribution in [2.24, 2.45) is 0 Å². The molecule has 0 saturated heterocycles. The predicted octanol–water partition coefficient (Wildman–Crippen LogP) is 2.49. The molecule has 18 heavy (non-hydrogen) atoms. The molecule has 0 fully saturated rings. The molecule has 2 rings (SSSR count). The lowest BCUT2D eigenvalue weighted by Crippen LogP contribution is -2.08. The van der Waals surface area contributed by atoms with Crippen molar-refractivity contribution in [3.8, 4) is 5.75 Å². The number of ether oxygens (including phenoxy) is 1. The highest BCUT2D eigenvalue weighted by Gasteiger charge is 2.09. The third-order valence-corrected chi connectivity index (χ3v) is 2.88. The molecule has 0 radical (unpaired) electrons. The molecule has 0 aliphatic heterocycles. The number of hydrogen-bond acceptors (Lipinski definition) is 3. The van der Waals surface area contributed by atoms with Gasteiger partial charge in [-0.2, -0.15) is 0 Å². The third kappa shape index (κ3) is 3.03. The summed E-state index contributed by atoms with van der Waals surface area (Å²) in [6, 6.07) is 14.5. The van der Waals surface area contributed by atoms with Gasteiger partial charge in [-0.25, -0.2) is 9.00 Å². The molecule has 0 saturated carbocycles. The van der Waals surface area contributed by atoms with Gasteiger partial charge in [0.25, 0.3) is 0 Å². The summed E-state index contributed by atoms with van der Waals surface area (Å²) in [6.07, 6.45) is 0. The van der Waals surface area contributed by atoms with Crippen molar-refractivity contribution in [3.05, 3.63) is 60.2 Å². The van der Waals surface area contributed by atoms with E-state index in [4.69, 9.17) is 9.29 Å². The molecule has 4 nitrogen and oxygen atoms in total. The SMILES string of the molecule is O=C(Oc1cccc(S(=O)O)c1)c1ccccc1. The van der Waals surface area contributed by atoms with E-state index in [9.17, 15) is 9.00 Å². The van der Waals surface area contributed by atoms with E-state index < -0.39 is 17.0 Å². The van der Waals surface area contributed by atoms with Crippen molar-refractivity contribution in [1.82, 2.24) is 0 Å². The van der Waals surface area contributed by atoms with Crippen LogP contribution in [0.25, 0.3) is 0 Å². The Bertz CT molecular complexity index is 581. The lowest BCUT2D eigenvalue weighted by molar-refractivity contribution is 0.0734. The Morgan fingerprint density at radius 1 is 1.06 bits per heavy atom. The number of carbonyl (C=O) groups is 1. The van der Waals surface area contributed by atoms with Crippen LogP contribution in [0, 0.1) is 0 Å². The zero-order valence-corrected chi connectivity index (χ0v) is 10.1. The van der Waals surface area contributed by atoms with E-state index in [1.165, 1.54) is 12.1 Å². The summed E-state index contributed by atoms with van der Waals surface area (Å²) in [5.74, 6) is -0.264. The van der Waals surface area contributed by atoms with E-state index in [0.29, 0.717) is 5.56 Å². The average Bonchev–Trinajstić information content (AvgIpc) is 2.40. The van der Waals surface area contributed by atoms with Crippen molar-refractivity contribution < 1.29 is 18.3 Å². The topological polar surface area (TPSA) is 63.6 Å². The van der Waals surface area contributed by atoms with Crippen molar-refractivity contribution in [2.45, 2.75) is 4.90 Å². The van der Waals surface area contributed by atoms with Gasteiger partial charge in [-0.3, -0.25) is 0 Å². The molecule has 0 heterocycles. The molecule has 1 atom stereocenters. The zero-order valence-electron chi connectivity index (χ0n) is 9.28. The smallest absolute Gasteiger partial charge is 0.343 e. The molecule has 2 aromatic carbocycles. The van der Waals surface area contributed by atoms with E-state index in [1.807, 2.05) is 0 Å². The van der Waals surface area contributed by atoms with Gasteiger partial charge in [0, 0.05) is 0 Å². The molecule has 2 aromatic rings. The Morgan fingerprint density at radius 3 is 2.44 bits per heavy atom. The number of rotatable bonds is 3. The fourth-order valence-electron chi connectivity index (χ4n) is 1.39. The first-order chi connectivity index (χ1) is 8.66. The molecular weight excluding hydrogens is 252 g/mol. The van der Waals surface area contributed by atoms with Gasteiger partial charge in [-0.1, -0.05) is 24.3 Å². The van der Waals surface area contributed by atoms with Crippen LogP contribution in [-0.2, 0) is 11.1 Å². The molecule has 5 heteroatoms. The second-order valence-electron chi connectivity index (χ2n) is 3.48. The Balaban J connectivity index is 2.17. The van der Waals surface area contributed by atoms with Crippen LogP contribution in [0.3, 0.4) is 0 Å². The molecular formula is C13H10O4S. The summed E-state index contributed by atoms with van der Waals surface area (Å²) in [4.78, 5) is 11.9. The summed E-state index contributed by atoms with van der Waals surface area (Å²) in [7, 11) is 0. The Morgan fingerprint density at radius 2 is 1.78 bits per heavy atom. The highest BCUT2D eigenvalue weighted by atomic mass is 32.2. The molecule has 1 unspecified atom stereocenters. The van der Waals surface area contributed by atoms with E-state index in [0.717, 1.165) is 0 Å². The highest BCUT2D eigenvalue weighted by molar-refractivity contribution is 7.79. The molecule has 0 spiro atoms. The van der Waals surface area contributed by atoms with Gasteiger partial charge in [0.2, 0.25) is 0 Å². The Kier molecular flexibility index (Phi) is 3.86. The van der Waals surface area contributed by atoms with Crippen LogP contribution in [-0.4, -0.2) is 14.7 Å². The Labute approximate surface area is 107 Å². The van der Waals surface area contributed by atoms with Gasteiger partial charge < -0.3 is 9.29 Å². The van der Waals surface area contributed by atoms with Crippen LogP contribution >= 0.6 is 0 Å². The predicted molar refractivity (Wildman–Crippen MR) is 66.9 cm³/mol. The van der Waals surface area contributed by atoms with Crippen LogP contribution in [0.5, 0.6) is 5.75 Å². The maximum atomic E-state index is 11.7. The fraction of sp³-hybridized carbons (Fsp3) is 0. The molecule has 0 aliphatic rings. The van der Waals surface area contributed by atoms with E-state index in [-0.39, 0.29) is 10.6 Å². The second-order valence-corrected chi connectivity index (χ2v) is 4.45. The van der Waals surface area contributed by atoms with Crippen LogP contribution in [0.4, 0.5) is 0 Å². The van der Waals surface area contributed by atoms with Crippen LogP contribution in [0.15, 0.2) is 59.5 Å². The van der Waals surface area contributed by atoms with Crippen LogP contribution < -0.4 is 4.74 Å². The average molecular weight is 262 g/mol. The van der Waals surface area contributed by atoms with E-state index >= 15 is 0 Å². The number of hydrogen-bond donors (Lipinski definition) is 1. The molecule has 0 aromatic heterocycles. The number of esters is 1. The minimum Gasteiger partial charge on any atom is -0.423 e. The lowest BCUT2D eigenvalue weighted by atomic mass is 10.2. The van der Waals surface area contributed by atoms with Gasteiger partial charge >= 0.3 is 5.97 Å². The number of carbonyl (C=O) groups excluding carboxylic acids is 1. The van der Waals surface area contributed by atoms with Crippen molar-refractivity contribution in [1.29, 1.82) is 0 Å². The first-order valence-corrected chi connectivity index (χ1v) is 6.25. The quantitative estimate of drug-likeness (QED) is 0.524. The largest absolute Gasteiger partial charge is 0.423 e. The highest BCUT2D eigenvalue weighted by Crippen LogP contribution is 2.16. The number of benzene rings is 2. The third-order valence-electron chi connectivity index (χ3n) is 2.23. The van der Waals surface area contributed by atoms with E-state index in [2.05, 4.69) is 0 Å². The van der Waals surface area contributed by atoms with Gasteiger partial charge in [0.15, 0.2) is 11.1 Å². The fourth-order valence-corrected chi connectivity index (χ4v) is 1.80. The summed E-state index contributed by atoms with van der Waals surface area (Å²) in [5, 5.41) is 0. The van der Waals surface area contributed by atoms with Crippen molar-refractivity contribution >= 4 is 17.0 Å². The molecule has 0 bridgehead atoms. The van der Waals surface area contributed by atoms with Crippen molar-refractivity contribution in [3.63, 3.8) is 0 Å². The summed E-state index contributed by atoms with van der Waals surface area (Å²) in [5.41, 5.74) is 0.424. The first kappa shape index (κ1) is 12.5. The molecule has 92 valence electrons. The standard InChI is InChI=1S/C13H10O4S/c14-13(10-5-2-1-3-6-10)17-11-7-4-8-12(9-11)18(15)16/h1-9H,(H,15,16). The summed E-state index contributed by atoms with van der Waals surface area (Å²) in [6.45, 7) is 0. The maximum absolute atomic E-state index is 11.7. The molecule has 0 amide bonds. The van der Waals surface area contributed by atoms with Crippen LogP contribution in [0.1, 0.15) is 10.4 Å². The van der Waals surface area contributed by atoms with Gasteiger partial charge in [-0.15, -0.1) is 0 Å². The normalized spacial score (nSPS) is 11.8. The van der Waals surface area contributed by atoms with Gasteiger partial charge in [-0.05, 0) is 30.3 Å². The minimum absolute atomic E-state index is 0.188. The molecule has 0 aliphatic carbocycles. The zero-order chi connectivity index (χ0) is 13.0. The first-order valence-electron chi connectivity index (χ1n) is 5.15. The van der Waals surface area contributed by atoms with Gasteiger partial charge in [0.1, 0.15) is 5.75 Å². The summed E-state index contributed by atoms with van der Waals surface area (Å²) >= 11 is -2.09. The maximum Gasteiger partial charge on any atom is 0.343 e.